The van der Waals surface area contributed by atoms with Crippen LogP contribution in [-0.4, -0.2) is 60.2 Å². The molecular weight excluding hydrogens is 328 g/mol. The van der Waals surface area contributed by atoms with E-state index in [9.17, 15) is 9.90 Å². The van der Waals surface area contributed by atoms with E-state index in [-0.39, 0.29) is 18.1 Å². The van der Waals surface area contributed by atoms with Crippen molar-refractivity contribution in [3.8, 4) is 0 Å². The van der Waals surface area contributed by atoms with E-state index in [1.54, 1.807) is 0 Å². The lowest BCUT2D eigenvalue weighted by atomic mass is 9.88. The fraction of sp³-hybridized carbons (Fsp3) is 0.900. The van der Waals surface area contributed by atoms with Crippen molar-refractivity contribution in [2.75, 3.05) is 26.2 Å². The summed E-state index contributed by atoms with van der Waals surface area (Å²) in [4.78, 5) is 19.5. The first-order chi connectivity index (χ1) is 12.7. The third-order valence-corrected chi connectivity index (χ3v) is 6.24. The standard InChI is InChI=1S/C20H36N4O2/c1-2-21-20(22-13-16-9-6-10-18(16)25)23-17-11-12-24(14-17)19(26)15-7-4-3-5-8-15/h15-18,25H,2-14H2,1H3,(H2,21,22,23). The molecule has 1 saturated heterocycles. The summed E-state index contributed by atoms with van der Waals surface area (Å²) >= 11 is 0. The summed E-state index contributed by atoms with van der Waals surface area (Å²) in [6, 6.07) is 0.272. The molecule has 0 aromatic heterocycles. The number of aliphatic imine (C=N–C) groups is 1. The van der Waals surface area contributed by atoms with Gasteiger partial charge in [-0.15, -0.1) is 0 Å². The van der Waals surface area contributed by atoms with E-state index in [1.165, 1.54) is 19.3 Å². The molecule has 0 bridgehead atoms. The van der Waals surface area contributed by atoms with Crippen molar-refractivity contribution in [2.45, 2.75) is 76.9 Å². The molecule has 1 heterocycles. The number of aliphatic hydroxyl groups is 1. The number of hydrogen-bond donors (Lipinski definition) is 3. The average molecular weight is 365 g/mol. The van der Waals surface area contributed by atoms with Gasteiger partial charge in [0.25, 0.3) is 0 Å². The molecule has 6 heteroatoms. The van der Waals surface area contributed by atoms with Crippen molar-refractivity contribution < 1.29 is 9.90 Å². The van der Waals surface area contributed by atoms with Gasteiger partial charge >= 0.3 is 0 Å². The molecule has 2 saturated carbocycles. The van der Waals surface area contributed by atoms with Crippen LogP contribution >= 0.6 is 0 Å². The van der Waals surface area contributed by atoms with Crippen LogP contribution in [0.3, 0.4) is 0 Å². The Bertz CT molecular complexity index is 490. The largest absolute Gasteiger partial charge is 0.393 e. The summed E-state index contributed by atoms with van der Waals surface area (Å²) in [7, 11) is 0. The summed E-state index contributed by atoms with van der Waals surface area (Å²) < 4.78 is 0. The minimum Gasteiger partial charge on any atom is -0.393 e. The van der Waals surface area contributed by atoms with Crippen LogP contribution in [0.25, 0.3) is 0 Å². The Morgan fingerprint density at radius 2 is 1.92 bits per heavy atom. The molecular formula is C20H36N4O2. The summed E-state index contributed by atoms with van der Waals surface area (Å²) in [5, 5.41) is 16.8. The topological polar surface area (TPSA) is 77.0 Å². The second kappa shape index (κ2) is 9.58. The first-order valence-electron chi connectivity index (χ1n) is 10.7. The maximum Gasteiger partial charge on any atom is 0.225 e. The molecule has 3 unspecified atom stereocenters. The number of aliphatic hydroxyl groups excluding tert-OH is 1. The summed E-state index contributed by atoms with van der Waals surface area (Å²) in [5.41, 5.74) is 0. The summed E-state index contributed by atoms with van der Waals surface area (Å²) in [6.07, 6.45) is 9.70. The van der Waals surface area contributed by atoms with Gasteiger partial charge in [0.2, 0.25) is 5.91 Å². The number of carbonyl (C=O) groups excluding carboxylic acids is 1. The number of hydrogen-bond acceptors (Lipinski definition) is 3. The van der Waals surface area contributed by atoms with Gasteiger partial charge in [-0.05, 0) is 39.0 Å². The van der Waals surface area contributed by atoms with E-state index < -0.39 is 0 Å². The molecule has 0 aromatic rings. The minimum atomic E-state index is -0.197. The maximum absolute atomic E-state index is 12.7. The van der Waals surface area contributed by atoms with Gasteiger partial charge in [-0.3, -0.25) is 9.79 Å². The Morgan fingerprint density at radius 1 is 1.12 bits per heavy atom. The van der Waals surface area contributed by atoms with E-state index >= 15 is 0 Å². The highest BCUT2D eigenvalue weighted by Crippen LogP contribution is 2.27. The number of guanidine groups is 1. The van der Waals surface area contributed by atoms with Crippen molar-refractivity contribution in [1.82, 2.24) is 15.5 Å². The van der Waals surface area contributed by atoms with Crippen LogP contribution in [-0.2, 0) is 4.79 Å². The molecule has 0 aromatic carbocycles. The van der Waals surface area contributed by atoms with Crippen LogP contribution in [0.4, 0.5) is 0 Å². The normalized spacial score (nSPS) is 30.6. The highest BCUT2D eigenvalue weighted by Gasteiger charge is 2.32. The molecule has 3 N–H and O–H groups in total. The lowest BCUT2D eigenvalue weighted by molar-refractivity contribution is -0.135. The van der Waals surface area contributed by atoms with Gasteiger partial charge in [0.05, 0.1) is 6.10 Å². The number of nitrogens with zero attached hydrogens (tertiary/aromatic N) is 2. The van der Waals surface area contributed by atoms with Crippen molar-refractivity contribution in [3.05, 3.63) is 0 Å². The molecule has 0 radical (unpaired) electrons. The zero-order chi connectivity index (χ0) is 18.4. The highest BCUT2D eigenvalue weighted by atomic mass is 16.3. The Morgan fingerprint density at radius 3 is 2.62 bits per heavy atom. The Kier molecular flexibility index (Phi) is 7.17. The van der Waals surface area contributed by atoms with Crippen molar-refractivity contribution in [2.24, 2.45) is 16.8 Å². The van der Waals surface area contributed by atoms with Gasteiger partial charge in [-0.25, -0.2) is 0 Å². The number of amides is 1. The van der Waals surface area contributed by atoms with Crippen LogP contribution < -0.4 is 10.6 Å². The van der Waals surface area contributed by atoms with Crippen LogP contribution in [0.2, 0.25) is 0 Å². The van der Waals surface area contributed by atoms with E-state index in [0.29, 0.717) is 18.4 Å². The first kappa shape index (κ1) is 19.5. The monoisotopic (exact) mass is 364 g/mol. The Labute approximate surface area is 157 Å². The smallest absolute Gasteiger partial charge is 0.225 e. The Hall–Kier alpha value is -1.30. The number of carbonyl (C=O) groups is 1. The van der Waals surface area contributed by atoms with Gasteiger partial charge in [-0.2, -0.15) is 0 Å². The molecule has 26 heavy (non-hydrogen) atoms. The number of rotatable bonds is 5. The molecule has 1 amide bonds. The first-order valence-corrected chi connectivity index (χ1v) is 10.7. The molecule has 3 atom stereocenters. The fourth-order valence-electron chi connectivity index (χ4n) is 4.64. The van der Waals surface area contributed by atoms with Crippen LogP contribution in [0, 0.1) is 11.8 Å². The maximum atomic E-state index is 12.7. The molecule has 1 aliphatic heterocycles. The van der Waals surface area contributed by atoms with Gasteiger partial charge in [0, 0.05) is 44.1 Å². The van der Waals surface area contributed by atoms with Crippen LogP contribution in [0.1, 0.15) is 64.7 Å². The summed E-state index contributed by atoms with van der Waals surface area (Å²) in [5.74, 6) is 1.74. The van der Waals surface area contributed by atoms with Gasteiger partial charge in [0.15, 0.2) is 5.96 Å². The predicted molar refractivity (Wildman–Crippen MR) is 104 cm³/mol. The predicted octanol–water partition coefficient (Wildman–Crippen LogP) is 1.88. The molecule has 0 spiro atoms. The minimum absolute atomic E-state index is 0.197. The Balaban J connectivity index is 1.49. The zero-order valence-corrected chi connectivity index (χ0v) is 16.3. The second-order valence-electron chi connectivity index (χ2n) is 8.23. The molecule has 148 valence electrons. The van der Waals surface area contributed by atoms with E-state index in [1.807, 2.05) is 0 Å². The third kappa shape index (κ3) is 5.12. The zero-order valence-electron chi connectivity index (χ0n) is 16.3. The third-order valence-electron chi connectivity index (χ3n) is 6.24. The number of nitrogens with one attached hydrogen (secondary N) is 2. The molecule has 3 fully saturated rings. The molecule has 6 nitrogen and oxygen atoms in total. The summed E-state index contributed by atoms with van der Waals surface area (Å²) in [6.45, 7) is 5.19. The SMILES string of the molecule is CCNC(=NCC1CCCC1O)NC1CCN(C(=O)C2CCCCC2)C1. The van der Waals surface area contributed by atoms with Crippen molar-refractivity contribution in [3.63, 3.8) is 0 Å². The van der Waals surface area contributed by atoms with E-state index in [2.05, 4.69) is 22.5 Å². The fourth-order valence-corrected chi connectivity index (χ4v) is 4.64. The average Bonchev–Trinajstić information content (AvgIpc) is 3.29. The highest BCUT2D eigenvalue weighted by molar-refractivity contribution is 5.81. The van der Waals surface area contributed by atoms with Gasteiger partial charge in [-0.1, -0.05) is 25.7 Å². The molecule has 3 aliphatic rings. The van der Waals surface area contributed by atoms with Crippen LogP contribution in [0.15, 0.2) is 4.99 Å². The van der Waals surface area contributed by atoms with E-state index in [4.69, 9.17) is 4.99 Å². The lowest BCUT2D eigenvalue weighted by Gasteiger charge is -2.26. The lowest BCUT2D eigenvalue weighted by Crippen LogP contribution is -2.45. The van der Waals surface area contributed by atoms with Crippen LogP contribution in [0.5, 0.6) is 0 Å². The molecule has 2 aliphatic carbocycles. The second-order valence-corrected chi connectivity index (χ2v) is 8.23. The van der Waals surface area contributed by atoms with Gasteiger partial charge in [0.1, 0.15) is 0 Å². The quantitative estimate of drug-likeness (QED) is 0.514. The molecule has 3 rings (SSSR count). The van der Waals surface area contributed by atoms with Crippen molar-refractivity contribution in [1.29, 1.82) is 0 Å². The van der Waals surface area contributed by atoms with Gasteiger partial charge < -0.3 is 20.6 Å². The number of likely N-dealkylation sites (tertiary alicyclic amines) is 1. The van der Waals surface area contributed by atoms with Crippen molar-refractivity contribution >= 4 is 11.9 Å². The van der Waals surface area contributed by atoms with E-state index in [0.717, 1.165) is 64.1 Å².